The highest BCUT2D eigenvalue weighted by Crippen LogP contribution is 2.34. The zero-order chi connectivity index (χ0) is 24.0. The Hall–Kier alpha value is -3.28. The molecule has 4 aromatic rings. The Morgan fingerprint density at radius 3 is 2.97 bits per heavy atom. The highest BCUT2D eigenvalue weighted by molar-refractivity contribution is 6.31. The minimum Gasteiger partial charge on any atom is -0.391 e. The van der Waals surface area contributed by atoms with Crippen molar-refractivity contribution in [1.82, 2.24) is 34.4 Å². The van der Waals surface area contributed by atoms with Gasteiger partial charge in [-0.15, -0.1) is 0 Å². The number of aromatic nitrogens is 6. The van der Waals surface area contributed by atoms with E-state index in [1.807, 2.05) is 6.07 Å². The Morgan fingerprint density at radius 1 is 1.32 bits per heavy atom. The minimum atomic E-state index is -1.32. The average molecular weight is 485 g/mol. The van der Waals surface area contributed by atoms with Crippen molar-refractivity contribution in [3.05, 3.63) is 41.7 Å². The first-order valence-electron chi connectivity index (χ1n) is 11.0. The van der Waals surface area contributed by atoms with Gasteiger partial charge in [0.2, 0.25) is 5.91 Å². The van der Waals surface area contributed by atoms with E-state index in [2.05, 4.69) is 24.9 Å². The van der Waals surface area contributed by atoms with Gasteiger partial charge in [0.15, 0.2) is 11.5 Å². The van der Waals surface area contributed by atoms with Crippen LogP contribution in [-0.2, 0) is 11.2 Å². The number of likely N-dealkylation sites (tertiary alicyclic amines) is 1. The van der Waals surface area contributed by atoms with Gasteiger partial charge in [0.1, 0.15) is 17.7 Å². The number of hydrogen-bond acceptors (Lipinski definition) is 8. The molecule has 3 aromatic heterocycles. The summed E-state index contributed by atoms with van der Waals surface area (Å²) in [5.41, 5.74) is 7.07. The quantitative estimate of drug-likeness (QED) is 0.338. The van der Waals surface area contributed by atoms with Gasteiger partial charge in [-0.2, -0.15) is 0 Å². The molecule has 0 unspecified atom stereocenters. The maximum atomic E-state index is 13.2. The van der Waals surface area contributed by atoms with Gasteiger partial charge in [-0.3, -0.25) is 4.79 Å². The molecule has 0 spiro atoms. The second kappa shape index (κ2) is 8.49. The number of nitrogens with one attached hydrogen (secondary N) is 1. The Kier molecular flexibility index (Phi) is 5.62. The smallest absolute Gasteiger partial charge is 0.223 e. The van der Waals surface area contributed by atoms with Crippen LogP contribution in [0.5, 0.6) is 0 Å². The molecule has 5 N–H and O–H groups in total. The SMILES string of the molecule is C[C@@]1(O)C[C@H](O)CN(C(=O)CCc2nc3ccc(Cl)cc3[nH]2)C[C@H]1n1cnc2c(N)ncnc21. The number of carbonyl (C=O) groups excluding carboxylic acids is 1. The van der Waals surface area contributed by atoms with Gasteiger partial charge in [-0.25, -0.2) is 19.9 Å². The van der Waals surface area contributed by atoms with Crippen LogP contribution in [0.3, 0.4) is 0 Å². The molecule has 1 saturated heterocycles. The van der Waals surface area contributed by atoms with Gasteiger partial charge in [0.25, 0.3) is 0 Å². The van der Waals surface area contributed by atoms with Gasteiger partial charge in [0.05, 0.1) is 35.1 Å². The van der Waals surface area contributed by atoms with Gasteiger partial charge < -0.3 is 30.4 Å². The number of anilines is 1. The monoisotopic (exact) mass is 484 g/mol. The van der Waals surface area contributed by atoms with Crippen molar-refractivity contribution < 1.29 is 15.0 Å². The number of β-amino-alcohol motifs (C(OH)–C–C–N with tert-alkyl or cyclic N) is 1. The van der Waals surface area contributed by atoms with Crippen LogP contribution < -0.4 is 5.73 Å². The predicted molar refractivity (Wildman–Crippen MR) is 126 cm³/mol. The molecule has 34 heavy (non-hydrogen) atoms. The molecule has 0 saturated carbocycles. The number of aryl methyl sites for hydroxylation is 1. The van der Waals surface area contributed by atoms with Crippen molar-refractivity contribution in [3.8, 4) is 0 Å². The van der Waals surface area contributed by atoms with E-state index in [1.165, 1.54) is 12.7 Å². The van der Waals surface area contributed by atoms with E-state index in [0.29, 0.717) is 28.4 Å². The zero-order valence-corrected chi connectivity index (χ0v) is 19.3. The molecular formula is C22H25ClN8O3. The molecule has 1 amide bonds. The molecule has 1 aliphatic heterocycles. The number of aliphatic hydroxyl groups is 2. The average Bonchev–Trinajstić information content (AvgIpc) is 3.35. The van der Waals surface area contributed by atoms with Gasteiger partial charge in [0, 0.05) is 37.4 Å². The summed E-state index contributed by atoms with van der Waals surface area (Å²) >= 11 is 6.04. The molecule has 1 fully saturated rings. The predicted octanol–water partition coefficient (Wildman–Crippen LogP) is 1.46. The van der Waals surface area contributed by atoms with Gasteiger partial charge in [-0.1, -0.05) is 11.6 Å². The largest absolute Gasteiger partial charge is 0.391 e. The zero-order valence-electron chi connectivity index (χ0n) is 18.5. The number of hydrogen-bond donors (Lipinski definition) is 4. The summed E-state index contributed by atoms with van der Waals surface area (Å²) in [5.74, 6) is 0.758. The third-order valence-electron chi connectivity index (χ3n) is 6.34. The molecule has 1 aromatic carbocycles. The molecule has 4 heterocycles. The fourth-order valence-electron chi connectivity index (χ4n) is 4.64. The summed E-state index contributed by atoms with van der Waals surface area (Å²) in [6, 6.07) is 4.78. The molecule has 0 bridgehead atoms. The number of rotatable bonds is 4. The molecular weight excluding hydrogens is 460 g/mol. The topological polar surface area (TPSA) is 159 Å². The fraction of sp³-hybridized carbons (Fsp3) is 0.409. The summed E-state index contributed by atoms with van der Waals surface area (Å²) in [4.78, 5) is 35.0. The van der Waals surface area contributed by atoms with Gasteiger partial charge in [-0.05, 0) is 25.1 Å². The highest BCUT2D eigenvalue weighted by atomic mass is 35.5. The number of fused-ring (bicyclic) bond motifs is 2. The van der Waals surface area contributed by atoms with E-state index in [9.17, 15) is 15.0 Å². The Labute approximate surface area is 199 Å². The molecule has 0 radical (unpaired) electrons. The number of halogens is 1. The van der Waals surface area contributed by atoms with Crippen molar-refractivity contribution >= 4 is 45.5 Å². The third kappa shape index (κ3) is 4.17. The third-order valence-corrected chi connectivity index (χ3v) is 6.57. The summed E-state index contributed by atoms with van der Waals surface area (Å²) in [7, 11) is 0. The lowest BCUT2D eigenvalue weighted by Crippen LogP contribution is -2.42. The lowest BCUT2D eigenvalue weighted by atomic mass is 9.91. The molecule has 12 heteroatoms. The van der Waals surface area contributed by atoms with Gasteiger partial charge >= 0.3 is 0 Å². The Balaban J connectivity index is 1.38. The second-order valence-electron chi connectivity index (χ2n) is 8.96. The molecule has 5 rings (SSSR count). The first-order chi connectivity index (χ1) is 16.2. The van der Waals surface area contributed by atoms with Crippen LogP contribution in [0, 0.1) is 0 Å². The van der Waals surface area contributed by atoms with Crippen molar-refractivity contribution in [3.63, 3.8) is 0 Å². The van der Waals surface area contributed by atoms with Crippen LogP contribution in [0.4, 0.5) is 5.82 Å². The number of nitrogens with zero attached hydrogens (tertiary/aromatic N) is 6. The molecule has 0 aliphatic carbocycles. The first kappa shape index (κ1) is 22.5. The normalized spacial score (nSPS) is 23.5. The number of aromatic amines is 1. The number of nitrogens with two attached hydrogens (primary N) is 1. The van der Waals surface area contributed by atoms with E-state index in [4.69, 9.17) is 17.3 Å². The second-order valence-corrected chi connectivity index (χ2v) is 9.39. The number of amides is 1. The number of nitrogen functional groups attached to an aromatic ring is 1. The maximum absolute atomic E-state index is 13.2. The molecule has 11 nitrogen and oxygen atoms in total. The fourth-order valence-corrected chi connectivity index (χ4v) is 4.81. The van der Waals surface area contributed by atoms with Crippen LogP contribution >= 0.6 is 11.6 Å². The highest BCUT2D eigenvalue weighted by Gasteiger charge is 2.42. The van der Waals surface area contributed by atoms with Crippen LogP contribution in [-0.4, -0.2) is 75.3 Å². The summed E-state index contributed by atoms with van der Waals surface area (Å²) < 4.78 is 1.70. The van der Waals surface area contributed by atoms with E-state index < -0.39 is 17.7 Å². The minimum absolute atomic E-state index is 0.0893. The number of aliphatic hydroxyl groups excluding tert-OH is 1. The van der Waals surface area contributed by atoms with Crippen LogP contribution in [0.2, 0.25) is 5.02 Å². The number of carbonyl (C=O) groups is 1. The van der Waals surface area contributed by atoms with Crippen LogP contribution in [0.15, 0.2) is 30.9 Å². The molecule has 178 valence electrons. The van der Waals surface area contributed by atoms with E-state index in [0.717, 1.165) is 11.0 Å². The standard InChI is InChI=1S/C22H25ClN8O3/c1-22(34)7-13(32)8-30(9-16(22)31-11-27-19-20(24)25-10-26-21(19)31)18(33)5-4-17-28-14-3-2-12(23)6-15(14)29-17/h2-3,6,10-11,13,16,32,34H,4-5,7-9H2,1H3,(H,28,29)(H2,24,25,26)/t13-,16+,22+/m0/s1. The summed E-state index contributed by atoms with van der Waals surface area (Å²) in [5, 5.41) is 22.4. The van der Waals surface area contributed by atoms with Crippen molar-refractivity contribution in [1.29, 1.82) is 0 Å². The van der Waals surface area contributed by atoms with Crippen LogP contribution in [0.1, 0.15) is 31.6 Å². The maximum Gasteiger partial charge on any atom is 0.223 e. The van der Waals surface area contributed by atoms with Crippen molar-refractivity contribution in [2.75, 3.05) is 18.8 Å². The first-order valence-corrected chi connectivity index (χ1v) is 11.3. The number of imidazole rings is 2. The lowest BCUT2D eigenvalue weighted by Gasteiger charge is -2.34. The lowest BCUT2D eigenvalue weighted by molar-refractivity contribution is -0.132. The van der Waals surface area contributed by atoms with Crippen molar-refractivity contribution in [2.45, 2.75) is 43.9 Å². The van der Waals surface area contributed by atoms with E-state index in [1.54, 1.807) is 28.5 Å². The summed E-state index contributed by atoms with van der Waals surface area (Å²) in [6.07, 6.45) is 2.66. The summed E-state index contributed by atoms with van der Waals surface area (Å²) in [6.45, 7) is 1.93. The number of benzene rings is 1. The van der Waals surface area contributed by atoms with Crippen LogP contribution in [0.25, 0.3) is 22.2 Å². The van der Waals surface area contributed by atoms with E-state index in [-0.39, 0.29) is 37.7 Å². The Bertz CT molecular complexity index is 1370. The molecule has 3 atom stereocenters. The number of H-pyrrole nitrogens is 1. The Morgan fingerprint density at radius 2 is 2.15 bits per heavy atom. The van der Waals surface area contributed by atoms with E-state index >= 15 is 0 Å². The molecule has 1 aliphatic rings. The van der Waals surface area contributed by atoms with Crippen molar-refractivity contribution in [2.24, 2.45) is 0 Å².